The molecule has 7 heteroatoms. The summed E-state index contributed by atoms with van der Waals surface area (Å²) < 4.78 is 0. The number of benzene rings is 1. The zero-order valence-electron chi connectivity index (χ0n) is 14.1. The number of anilines is 1. The first-order valence-electron chi connectivity index (χ1n) is 8.56. The van der Waals surface area contributed by atoms with Crippen LogP contribution < -0.4 is 10.6 Å². The molecule has 1 aliphatic heterocycles. The molecule has 1 aromatic carbocycles. The number of aromatic nitrogens is 2. The highest BCUT2D eigenvalue weighted by Crippen LogP contribution is 2.21. The van der Waals surface area contributed by atoms with E-state index in [1.807, 2.05) is 11.0 Å². The summed E-state index contributed by atoms with van der Waals surface area (Å²) in [6, 6.07) is 10.1. The zero-order chi connectivity index (χ0) is 17.5. The molecule has 0 radical (unpaired) electrons. The Morgan fingerprint density at radius 1 is 1.20 bits per heavy atom. The Balaban J connectivity index is 1.37. The van der Waals surface area contributed by atoms with Crippen molar-refractivity contribution in [1.82, 2.24) is 20.4 Å². The van der Waals surface area contributed by atoms with Crippen LogP contribution in [0, 0.1) is 5.92 Å². The number of likely N-dealkylation sites (tertiary alicyclic amines) is 1. The van der Waals surface area contributed by atoms with Gasteiger partial charge in [0.15, 0.2) is 0 Å². The number of amides is 3. The van der Waals surface area contributed by atoms with Crippen LogP contribution in [-0.2, 0) is 11.2 Å². The topological polar surface area (TPSA) is 90.1 Å². The Morgan fingerprint density at radius 3 is 2.64 bits per heavy atom. The first-order chi connectivity index (χ1) is 12.2. The van der Waals surface area contributed by atoms with Crippen LogP contribution in [0.1, 0.15) is 18.4 Å². The van der Waals surface area contributed by atoms with Gasteiger partial charge in [-0.05, 0) is 30.7 Å². The predicted molar refractivity (Wildman–Crippen MR) is 95.1 cm³/mol. The summed E-state index contributed by atoms with van der Waals surface area (Å²) in [5, 5.41) is 11.5. The van der Waals surface area contributed by atoms with Gasteiger partial charge in [0.25, 0.3) is 0 Å². The van der Waals surface area contributed by atoms with Crippen LogP contribution in [0.5, 0.6) is 0 Å². The van der Waals surface area contributed by atoms with E-state index >= 15 is 0 Å². The highest BCUT2D eigenvalue weighted by atomic mass is 16.2. The summed E-state index contributed by atoms with van der Waals surface area (Å²) in [6.07, 6.45) is 6.13. The smallest absolute Gasteiger partial charge is 0.319 e. The van der Waals surface area contributed by atoms with Gasteiger partial charge in [0, 0.05) is 19.3 Å². The highest BCUT2D eigenvalue weighted by Gasteiger charge is 2.23. The molecule has 0 bridgehead atoms. The molecule has 1 aromatic heterocycles. The van der Waals surface area contributed by atoms with Crippen molar-refractivity contribution < 1.29 is 9.59 Å². The Morgan fingerprint density at radius 2 is 1.96 bits per heavy atom. The normalized spacial score (nSPS) is 15.0. The Hall–Kier alpha value is -2.83. The van der Waals surface area contributed by atoms with Gasteiger partial charge in [0.2, 0.25) is 5.91 Å². The van der Waals surface area contributed by atoms with Crippen molar-refractivity contribution in [3.63, 3.8) is 0 Å². The molecule has 1 saturated heterocycles. The average Bonchev–Trinajstić information content (AvgIpc) is 3.14. The molecular weight excluding hydrogens is 318 g/mol. The number of H-pyrrole nitrogens is 1. The van der Waals surface area contributed by atoms with Crippen molar-refractivity contribution in [3.8, 4) is 0 Å². The molecule has 1 aliphatic rings. The standard InChI is InChI=1S/C18H23N5O2/c24-17(13-19-18(25)22-16-11-20-21-12-16)23-8-6-15(7-9-23)10-14-4-2-1-3-5-14/h1-5,11-12,15H,6-10,13H2,(H,20,21)(H2,19,22,25). The minimum atomic E-state index is -0.409. The third-order valence-corrected chi connectivity index (χ3v) is 4.49. The summed E-state index contributed by atoms with van der Waals surface area (Å²) in [4.78, 5) is 25.8. The monoisotopic (exact) mass is 341 g/mol. The lowest BCUT2D eigenvalue weighted by Crippen LogP contribution is -2.45. The molecule has 3 amide bonds. The highest BCUT2D eigenvalue weighted by molar-refractivity contribution is 5.92. The number of piperidine rings is 1. The van der Waals surface area contributed by atoms with Crippen molar-refractivity contribution in [2.75, 3.05) is 25.0 Å². The number of nitrogens with zero attached hydrogens (tertiary/aromatic N) is 2. The summed E-state index contributed by atoms with van der Waals surface area (Å²) in [5.41, 5.74) is 1.91. The van der Waals surface area contributed by atoms with Gasteiger partial charge in [-0.25, -0.2) is 4.79 Å². The largest absolute Gasteiger partial charge is 0.341 e. The maximum atomic E-state index is 12.2. The second-order valence-corrected chi connectivity index (χ2v) is 6.31. The molecule has 1 fully saturated rings. The summed E-state index contributed by atoms with van der Waals surface area (Å²) in [7, 11) is 0. The Kier molecular flexibility index (Phi) is 5.66. The first kappa shape index (κ1) is 17.0. The van der Waals surface area contributed by atoms with Gasteiger partial charge < -0.3 is 15.5 Å². The van der Waals surface area contributed by atoms with E-state index < -0.39 is 6.03 Å². The average molecular weight is 341 g/mol. The van der Waals surface area contributed by atoms with Gasteiger partial charge >= 0.3 is 6.03 Å². The SMILES string of the molecule is O=C(NCC(=O)N1CCC(Cc2ccccc2)CC1)Nc1cn[nH]c1. The summed E-state index contributed by atoms with van der Waals surface area (Å²) in [6.45, 7) is 1.51. The fraction of sp³-hybridized carbons (Fsp3) is 0.389. The van der Waals surface area contributed by atoms with Crippen molar-refractivity contribution in [2.45, 2.75) is 19.3 Å². The van der Waals surface area contributed by atoms with Crippen molar-refractivity contribution in [2.24, 2.45) is 5.92 Å². The van der Waals surface area contributed by atoms with E-state index in [-0.39, 0.29) is 12.5 Å². The Labute approximate surface area is 146 Å². The maximum absolute atomic E-state index is 12.2. The van der Waals surface area contributed by atoms with E-state index in [9.17, 15) is 9.59 Å². The van der Waals surface area contributed by atoms with E-state index in [1.54, 1.807) is 6.20 Å². The number of urea groups is 1. The molecule has 2 heterocycles. The Bertz CT molecular complexity index is 679. The molecule has 3 rings (SSSR count). The van der Waals surface area contributed by atoms with E-state index in [4.69, 9.17) is 0 Å². The molecule has 0 saturated carbocycles. The number of nitrogens with one attached hydrogen (secondary N) is 3. The quantitative estimate of drug-likeness (QED) is 0.777. The fourth-order valence-electron chi connectivity index (χ4n) is 3.10. The zero-order valence-corrected chi connectivity index (χ0v) is 14.1. The lowest BCUT2D eigenvalue weighted by molar-refractivity contribution is -0.131. The van der Waals surface area contributed by atoms with Gasteiger partial charge in [0.1, 0.15) is 0 Å². The minimum Gasteiger partial charge on any atom is -0.341 e. The molecule has 0 unspecified atom stereocenters. The van der Waals surface area contributed by atoms with Gasteiger partial charge in [-0.3, -0.25) is 9.89 Å². The molecule has 0 aliphatic carbocycles. The third-order valence-electron chi connectivity index (χ3n) is 4.49. The van der Waals surface area contributed by atoms with E-state index in [2.05, 4.69) is 45.1 Å². The minimum absolute atomic E-state index is 0.00698. The van der Waals surface area contributed by atoms with Crippen molar-refractivity contribution >= 4 is 17.6 Å². The van der Waals surface area contributed by atoms with Crippen molar-refractivity contribution in [3.05, 3.63) is 48.3 Å². The van der Waals surface area contributed by atoms with Gasteiger partial charge in [-0.2, -0.15) is 5.10 Å². The molecular formula is C18H23N5O2. The van der Waals surface area contributed by atoms with Crippen LogP contribution in [-0.4, -0.2) is 46.7 Å². The molecule has 3 N–H and O–H groups in total. The van der Waals surface area contributed by atoms with Crippen LogP contribution in [0.4, 0.5) is 10.5 Å². The lowest BCUT2D eigenvalue weighted by atomic mass is 9.90. The number of hydrogen-bond acceptors (Lipinski definition) is 3. The molecule has 7 nitrogen and oxygen atoms in total. The predicted octanol–water partition coefficient (Wildman–Crippen LogP) is 2.01. The second kappa shape index (κ2) is 8.32. The van der Waals surface area contributed by atoms with E-state index in [0.717, 1.165) is 32.4 Å². The summed E-state index contributed by atoms with van der Waals surface area (Å²) >= 11 is 0. The first-order valence-corrected chi connectivity index (χ1v) is 8.56. The second-order valence-electron chi connectivity index (χ2n) is 6.31. The molecule has 132 valence electrons. The van der Waals surface area contributed by atoms with Crippen LogP contribution in [0.3, 0.4) is 0 Å². The van der Waals surface area contributed by atoms with Gasteiger partial charge in [-0.15, -0.1) is 0 Å². The van der Waals surface area contributed by atoms with Gasteiger partial charge in [-0.1, -0.05) is 30.3 Å². The fourth-order valence-corrected chi connectivity index (χ4v) is 3.10. The summed E-state index contributed by atoms with van der Waals surface area (Å²) in [5.74, 6) is 0.573. The third kappa shape index (κ3) is 5.07. The van der Waals surface area contributed by atoms with Crippen LogP contribution in [0.2, 0.25) is 0 Å². The molecule has 25 heavy (non-hydrogen) atoms. The maximum Gasteiger partial charge on any atom is 0.319 e. The molecule has 0 spiro atoms. The van der Waals surface area contributed by atoms with E-state index in [0.29, 0.717) is 11.6 Å². The molecule has 0 atom stereocenters. The number of rotatable bonds is 5. The number of hydrogen-bond donors (Lipinski definition) is 3. The number of aromatic amines is 1. The number of carbonyl (C=O) groups excluding carboxylic acids is 2. The van der Waals surface area contributed by atoms with Crippen LogP contribution in [0.15, 0.2) is 42.7 Å². The van der Waals surface area contributed by atoms with Gasteiger partial charge in [0.05, 0.1) is 18.4 Å². The van der Waals surface area contributed by atoms with Crippen LogP contribution >= 0.6 is 0 Å². The lowest BCUT2D eigenvalue weighted by Gasteiger charge is -2.32. The number of carbonyl (C=O) groups is 2. The van der Waals surface area contributed by atoms with E-state index in [1.165, 1.54) is 11.8 Å². The van der Waals surface area contributed by atoms with Crippen LogP contribution in [0.25, 0.3) is 0 Å². The van der Waals surface area contributed by atoms with Crippen molar-refractivity contribution in [1.29, 1.82) is 0 Å². The molecule has 2 aromatic rings.